The summed E-state index contributed by atoms with van der Waals surface area (Å²) in [6, 6.07) is 20.2. The van der Waals surface area contributed by atoms with Gasteiger partial charge in [0.1, 0.15) is 17.0 Å². The average molecular weight is 381 g/mol. The van der Waals surface area contributed by atoms with E-state index < -0.39 is 0 Å². The maximum atomic E-state index is 6.33. The zero-order chi connectivity index (χ0) is 19.4. The largest absolute Gasteiger partial charge is 0.491 e. The van der Waals surface area contributed by atoms with E-state index >= 15 is 0 Å². The number of hydrogen-bond acceptors (Lipinski definition) is 5. The zero-order valence-electron chi connectivity index (χ0n) is 16.1. The third-order valence-electron chi connectivity index (χ3n) is 5.67. The number of azo groups is 1. The molecule has 3 aromatic carbocycles. The zero-order valence-corrected chi connectivity index (χ0v) is 16.1. The molecule has 0 N–H and O–H groups in total. The van der Waals surface area contributed by atoms with Crippen molar-refractivity contribution in [2.75, 3.05) is 11.5 Å². The molecule has 0 bridgehead atoms. The second-order valence-corrected chi connectivity index (χ2v) is 7.44. The van der Waals surface area contributed by atoms with Crippen LogP contribution in [0.5, 0.6) is 5.75 Å². The quantitative estimate of drug-likeness (QED) is 0.307. The minimum absolute atomic E-state index is 0.667. The lowest BCUT2D eigenvalue weighted by Crippen LogP contribution is -2.16. The van der Waals surface area contributed by atoms with Gasteiger partial charge < -0.3 is 9.15 Å². The van der Waals surface area contributed by atoms with Gasteiger partial charge in [0, 0.05) is 0 Å². The Morgan fingerprint density at radius 3 is 2.72 bits per heavy atom. The van der Waals surface area contributed by atoms with Crippen molar-refractivity contribution in [3.8, 4) is 5.75 Å². The summed E-state index contributed by atoms with van der Waals surface area (Å²) >= 11 is 0. The van der Waals surface area contributed by atoms with Gasteiger partial charge in [-0.2, -0.15) is 0 Å². The predicted octanol–water partition coefficient (Wildman–Crippen LogP) is 7.26. The van der Waals surface area contributed by atoms with Gasteiger partial charge in [-0.25, -0.2) is 0 Å². The fourth-order valence-electron chi connectivity index (χ4n) is 4.24. The van der Waals surface area contributed by atoms with Gasteiger partial charge in [0.05, 0.1) is 23.4 Å². The van der Waals surface area contributed by atoms with Crippen molar-refractivity contribution in [1.82, 2.24) is 0 Å². The Labute approximate surface area is 168 Å². The molecule has 0 saturated carbocycles. The number of ether oxygens (including phenoxy) is 1. The van der Waals surface area contributed by atoms with Gasteiger partial charge in [-0.1, -0.05) is 30.3 Å². The summed E-state index contributed by atoms with van der Waals surface area (Å²) < 4.78 is 12.5. The Kier molecular flexibility index (Phi) is 3.50. The van der Waals surface area contributed by atoms with Crippen LogP contribution in [0, 0.1) is 6.92 Å². The summed E-state index contributed by atoms with van der Waals surface area (Å²) in [6.07, 6.45) is 2.06. The monoisotopic (exact) mass is 381 g/mol. The van der Waals surface area contributed by atoms with Gasteiger partial charge in [-0.3, -0.25) is 4.90 Å². The molecule has 2 aliphatic heterocycles. The number of rotatable bonds is 1. The van der Waals surface area contributed by atoms with E-state index in [1.54, 1.807) is 0 Å². The highest BCUT2D eigenvalue weighted by Gasteiger charge is 2.31. The third-order valence-corrected chi connectivity index (χ3v) is 5.67. The average Bonchev–Trinajstić information content (AvgIpc) is 3.05. The van der Waals surface area contributed by atoms with Crippen molar-refractivity contribution >= 4 is 39.6 Å². The van der Waals surface area contributed by atoms with Crippen LogP contribution in [-0.4, -0.2) is 6.61 Å². The fraction of sp³-hybridized carbons (Fsp3) is 0.167. The van der Waals surface area contributed by atoms with Crippen molar-refractivity contribution < 1.29 is 9.15 Å². The number of nitrogens with zero attached hydrogens (tertiary/aromatic N) is 3. The first kappa shape index (κ1) is 16.4. The highest BCUT2D eigenvalue weighted by Crippen LogP contribution is 2.53. The first-order valence-corrected chi connectivity index (χ1v) is 9.89. The molecule has 2 aliphatic rings. The van der Waals surface area contributed by atoms with Crippen LogP contribution in [0.25, 0.3) is 11.0 Å². The molecule has 0 radical (unpaired) electrons. The summed E-state index contributed by atoms with van der Waals surface area (Å²) in [6.45, 7) is 2.87. The van der Waals surface area contributed by atoms with E-state index in [1.165, 1.54) is 11.1 Å². The summed E-state index contributed by atoms with van der Waals surface area (Å²) in [5, 5.41) is 10.1. The standard InChI is InChI=1S/C24H19N3O2/c1-15-12-13-20(23-16(15)8-6-14-28-23)27-19-10-4-3-9-18(19)25-26-22-17-7-2-5-11-21(17)29-24(22)27/h2-5,7,9-13H,6,8,14H2,1H3. The maximum absolute atomic E-state index is 6.33. The molecule has 5 heteroatoms. The molecule has 29 heavy (non-hydrogen) atoms. The second-order valence-electron chi connectivity index (χ2n) is 7.44. The summed E-state index contributed by atoms with van der Waals surface area (Å²) in [4.78, 5) is 2.11. The molecule has 3 heterocycles. The van der Waals surface area contributed by atoms with E-state index in [9.17, 15) is 0 Å². The summed E-state index contributed by atoms with van der Waals surface area (Å²) in [7, 11) is 0. The lowest BCUT2D eigenvalue weighted by atomic mass is 9.99. The number of fused-ring (bicyclic) bond motifs is 5. The number of anilines is 3. The Bertz CT molecular complexity index is 1290. The minimum atomic E-state index is 0.667. The van der Waals surface area contributed by atoms with Crippen LogP contribution in [0.2, 0.25) is 0 Å². The van der Waals surface area contributed by atoms with E-state index in [-0.39, 0.29) is 0 Å². The summed E-state index contributed by atoms with van der Waals surface area (Å²) in [5.74, 6) is 1.60. The second kappa shape index (κ2) is 6.21. The van der Waals surface area contributed by atoms with Crippen molar-refractivity contribution in [1.29, 1.82) is 0 Å². The van der Waals surface area contributed by atoms with E-state index in [2.05, 4.69) is 34.2 Å². The van der Waals surface area contributed by atoms with Crippen LogP contribution in [-0.2, 0) is 6.42 Å². The predicted molar refractivity (Wildman–Crippen MR) is 114 cm³/mol. The molecule has 0 aliphatic carbocycles. The van der Waals surface area contributed by atoms with Crippen LogP contribution in [0.3, 0.4) is 0 Å². The number of para-hydroxylation sites is 2. The topological polar surface area (TPSA) is 50.3 Å². The van der Waals surface area contributed by atoms with Gasteiger partial charge in [0.15, 0.2) is 5.69 Å². The van der Waals surface area contributed by atoms with Gasteiger partial charge in [-0.05, 0) is 61.2 Å². The number of aryl methyl sites for hydroxylation is 1. The normalized spacial score (nSPS) is 14.7. The number of furan rings is 1. The molecule has 6 rings (SSSR count). The minimum Gasteiger partial charge on any atom is -0.491 e. The van der Waals surface area contributed by atoms with Crippen LogP contribution in [0.1, 0.15) is 17.5 Å². The van der Waals surface area contributed by atoms with E-state index in [4.69, 9.17) is 9.15 Å². The Morgan fingerprint density at radius 2 is 1.76 bits per heavy atom. The molecule has 0 spiro atoms. The van der Waals surface area contributed by atoms with Gasteiger partial charge in [0.25, 0.3) is 0 Å². The summed E-state index contributed by atoms with van der Waals surface area (Å²) in [5.41, 5.74) is 6.74. The van der Waals surface area contributed by atoms with E-state index in [0.29, 0.717) is 5.88 Å². The van der Waals surface area contributed by atoms with Gasteiger partial charge in [0.2, 0.25) is 5.88 Å². The molecular weight excluding hydrogens is 362 g/mol. The molecule has 1 aromatic heterocycles. The Morgan fingerprint density at radius 1 is 0.897 bits per heavy atom. The molecule has 0 saturated heterocycles. The van der Waals surface area contributed by atoms with Crippen LogP contribution < -0.4 is 9.64 Å². The van der Waals surface area contributed by atoms with Crippen molar-refractivity contribution in [3.63, 3.8) is 0 Å². The highest BCUT2D eigenvalue weighted by molar-refractivity contribution is 6.00. The van der Waals surface area contributed by atoms with Crippen molar-refractivity contribution in [2.24, 2.45) is 10.2 Å². The molecule has 142 valence electrons. The van der Waals surface area contributed by atoms with Crippen LogP contribution in [0.4, 0.5) is 28.6 Å². The Hall–Kier alpha value is -3.60. The van der Waals surface area contributed by atoms with Crippen LogP contribution in [0.15, 0.2) is 75.3 Å². The first-order chi connectivity index (χ1) is 14.3. The third kappa shape index (κ3) is 2.40. The maximum Gasteiger partial charge on any atom is 0.233 e. The highest BCUT2D eigenvalue weighted by atomic mass is 16.5. The molecule has 0 amide bonds. The van der Waals surface area contributed by atoms with Crippen molar-refractivity contribution in [2.45, 2.75) is 19.8 Å². The molecule has 5 nitrogen and oxygen atoms in total. The smallest absolute Gasteiger partial charge is 0.233 e. The Balaban J connectivity index is 1.69. The van der Waals surface area contributed by atoms with Crippen molar-refractivity contribution in [3.05, 3.63) is 71.8 Å². The molecule has 0 fully saturated rings. The van der Waals surface area contributed by atoms with Gasteiger partial charge in [-0.15, -0.1) is 10.2 Å². The van der Waals surface area contributed by atoms with E-state index in [0.717, 1.165) is 58.9 Å². The molecule has 0 atom stereocenters. The van der Waals surface area contributed by atoms with Gasteiger partial charge >= 0.3 is 0 Å². The molecule has 4 aromatic rings. The number of benzene rings is 3. The lowest BCUT2D eigenvalue weighted by molar-refractivity contribution is 0.289. The van der Waals surface area contributed by atoms with Crippen LogP contribution >= 0.6 is 0 Å². The molecule has 0 unspecified atom stereocenters. The lowest BCUT2D eigenvalue weighted by Gasteiger charge is -2.29. The van der Waals surface area contributed by atoms with E-state index in [1.807, 2.05) is 48.5 Å². The first-order valence-electron chi connectivity index (χ1n) is 9.89. The molecular formula is C24H19N3O2. The number of hydrogen-bond donors (Lipinski definition) is 0. The SMILES string of the molecule is Cc1ccc(N2c3ccccc3N=Nc3c2oc2ccccc32)c2c1CCCO2. The fourth-order valence-corrected chi connectivity index (χ4v) is 4.24.